The SMILES string of the molecule is CC.CN(C)Cc1cc(Cl)cc(C(=O)Nc2nc3ccc(OC(F)(F)F)cc3s2)c1O. The van der Waals surface area contributed by atoms with Crippen molar-refractivity contribution in [3.63, 3.8) is 0 Å². The minimum absolute atomic E-state index is 0.0327. The number of alkyl halides is 3. The molecule has 1 aromatic heterocycles. The number of rotatable bonds is 5. The second-order valence-corrected chi connectivity index (χ2v) is 7.82. The number of phenolic OH excluding ortho intramolecular Hbond substituents is 1. The molecule has 2 N–H and O–H groups in total. The first-order chi connectivity index (χ1) is 14.5. The summed E-state index contributed by atoms with van der Waals surface area (Å²) in [7, 11) is 3.61. The number of carbonyl (C=O) groups excluding carboxylic acids is 1. The van der Waals surface area contributed by atoms with Gasteiger partial charge in [0.1, 0.15) is 11.5 Å². The van der Waals surface area contributed by atoms with Crippen LogP contribution < -0.4 is 10.1 Å². The number of aromatic hydroxyl groups is 1. The van der Waals surface area contributed by atoms with Gasteiger partial charge in [-0.25, -0.2) is 4.98 Å². The van der Waals surface area contributed by atoms with Crippen LogP contribution in [-0.2, 0) is 6.54 Å². The van der Waals surface area contributed by atoms with Gasteiger partial charge in [-0.15, -0.1) is 13.2 Å². The average Bonchev–Trinajstić information content (AvgIpc) is 3.05. The highest BCUT2D eigenvalue weighted by molar-refractivity contribution is 7.22. The number of fused-ring (bicyclic) bond motifs is 1. The van der Waals surface area contributed by atoms with E-state index in [2.05, 4.69) is 15.0 Å². The molecule has 2 aromatic carbocycles. The fraction of sp³-hybridized carbons (Fsp3) is 0.300. The number of thiazole rings is 1. The lowest BCUT2D eigenvalue weighted by molar-refractivity contribution is -0.274. The summed E-state index contributed by atoms with van der Waals surface area (Å²) in [5.74, 6) is -1.23. The number of aromatic nitrogens is 1. The zero-order valence-electron chi connectivity index (χ0n) is 17.2. The standard InChI is InChI=1S/C18H15ClF3N3O3S.C2H6/c1-25(2)8-9-5-10(19)6-12(15(9)26)16(27)24-17-23-13-4-3-11(7-14(13)29-17)28-18(20,21)22;1-2/h3-7,26H,8H2,1-2H3,(H,23,24,27);1-2H3. The molecule has 1 heterocycles. The van der Waals surface area contributed by atoms with Gasteiger partial charge >= 0.3 is 6.36 Å². The maximum absolute atomic E-state index is 12.6. The van der Waals surface area contributed by atoms with E-state index in [1.54, 1.807) is 25.1 Å². The third-order valence-electron chi connectivity index (χ3n) is 3.70. The van der Waals surface area contributed by atoms with Crippen LogP contribution in [0.25, 0.3) is 10.2 Å². The smallest absolute Gasteiger partial charge is 0.507 e. The fourth-order valence-corrected chi connectivity index (χ4v) is 3.74. The number of nitrogens with zero attached hydrogens (tertiary/aromatic N) is 2. The third-order valence-corrected chi connectivity index (χ3v) is 4.85. The van der Waals surface area contributed by atoms with Crippen molar-refractivity contribution in [2.45, 2.75) is 26.8 Å². The minimum atomic E-state index is -4.80. The Bertz CT molecular complexity index is 1070. The molecule has 0 bridgehead atoms. The number of phenols is 1. The zero-order chi connectivity index (χ0) is 23.3. The van der Waals surface area contributed by atoms with E-state index in [-0.39, 0.29) is 27.2 Å². The van der Waals surface area contributed by atoms with E-state index in [0.717, 1.165) is 17.4 Å². The van der Waals surface area contributed by atoms with Crippen LogP contribution >= 0.6 is 22.9 Å². The molecular weight excluding hydrogens is 455 g/mol. The number of carbonyl (C=O) groups is 1. The molecule has 1 amide bonds. The first-order valence-corrected chi connectivity index (χ1v) is 10.3. The highest BCUT2D eigenvalue weighted by atomic mass is 35.5. The van der Waals surface area contributed by atoms with Gasteiger partial charge in [0, 0.05) is 23.2 Å². The summed E-state index contributed by atoms with van der Waals surface area (Å²) in [5, 5.41) is 13.4. The molecule has 0 saturated carbocycles. The molecule has 0 unspecified atom stereocenters. The molecule has 3 aromatic rings. The van der Waals surface area contributed by atoms with Crippen LogP contribution in [0.15, 0.2) is 30.3 Å². The lowest BCUT2D eigenvalue weighted by Crippen LogP contribution is -2.16. The fourth-order valence-electron chi connectivity index (χ4n) is 2.61. The largest absolute Gasteiger partial charge is 0.573 e. The third kappa shape index (κ3) is 6.71. The van der Waals surface area contributed by atoms with Gasteiger partial charge in [0.25, 0.3) is 5.91 Å². The molecule has 0 aliphatic carbocycles. The molecule has 0 fully saturated rings. The van der Waals surface area contributed by atoms with Gasteiger partial charge in [-0.05, 0) is 38.4 Å². The summed E-state index contributed by atoms with van der Waals surface area (Å²) >= 11 is 7.03. The summed E-state index contributed by atoms with van der Waals surface area (Å²) in [6.45, 7) is 4.37. The molecule has 0 atom stereocenters. The molecule has 11 heteroatoms. The van der Waals surface area contributed by atoms with Gasteiger partial charge in [0.2, 0.25) is 0 Å². The number of amides is 1. The van der Waals surface area contributed by atoms with Gasteiger partial charge < -0.3 is 14.7 Å². The highest BCUT2D eigenvalue weighted by Gasteiger charge is 2.31. The second-order valence-electron chi connectivity index (χ2n) is 6.35. The van der Waals surface area contributed by atoms with Crippen LogP contribution in [0.5, 0.6) is 11.5 Å². The Balaban J connectivity index is 0.00000166. The lowest BCUT2D eigenvalue weighted by atomic mass is 10.1. The van der Waals surface area contributed by atoms with E-state index in [4.69, 9.17) is 11.6 Å². The van der Waals surface area contributed by atoms with Crippen molar-refractivity contribution in [1.29, 1.82) is 0 Å². The Morgan fingerprint density at radius 1 is 1.26 bits per heavy atom. The number of anilines is 1. The highest BCUT2D eigenvalue weighted by Crippen LogP contribution is 2.33. The van der Waals surface area contributed by atoms with Gasteiger partial charge in [0.15, 0.2) is 5.13 Å². The summed E-state index contributed by atoms with van der Waals surface area (Å²) in [5.41, 5.74) is 0.837. The molecule has 0 spiro atoms. The van der Waals surface area contributed by atoms with Crippen molar-refractivity contribution in [3.05, 3.63) is 46.5 Å². The Morgan fingerprint density at radius 2 is 1.94 bits per heavy atom. The molecular formula is C20H21ClF3N3O3S. The molecule has 0 saturated heterocycles. The van der Waals surface area contributed by atoms with Crippen LogP contribution in [0, 0.1) is 0 Å². The summed E-state index contributed by atoms with van der Waals surface area (Å²) in [6.07, 6.45) is -4.80. The van der Waals surface area contributed by atoms with E-state index in [0.29, 0.717) is 22.3 Å². The van der Waals surface area contributed by atoms with Crippen LogP contribution in [0.2, 0.25) is 5.02 Å². The summed E-state index contributed by atoms with van der Waals surface area (Å²) < 4.78 is 41.4. The Labute approximate surface area is 186 Å². The minimum Gasteiger partial charge on any atom is -0.507 e. The second kappa shape index (κ2) is 10.2. The van der Waals surface area contributed by atoms with Crippen molar-refractivity contribution in [2.75, 3.05) is 19.4 Å². The summed E-state index contributed by atoms with van der Waals surface area (Å²) in [6, 6.07) is 6.57. The number of ether oxygens (including phenoxy) is 1. The number of halogens is 4. The monoisotopic (exact) mass is 475 g/mol. The van der Waals surface area contributed by atoms with Gasteiger partial charge in [-0.2, -0.15) is 0 Å². The van der Waals surface area contributed by atoms with Crippen LogP contribution in [0.4, 0.5) is 18.3 Å². The molecule has 0 aliphatic heterocycles. The maximum atomic E-state index is 12.6. The number of hydrogen-bond acceptors (Lipinski definition) is 6. The van der Waals surface area contributed by atoms with E-state index in [9.17, 15) is 23.1 Å². The number of hydrogen-bond donors (Lipinski definition) is 2. The normalized spacial score (nSPS) is 11.3. The first-order valence-electron chi connectivity index (χ1n) is 9.15. The number of benzene rings is 2. The Hall–Kier alpha value is -2.56. The van der Waals surface area contributed by atoms with Gasteiger partial charge in [0.05, 0.1) is 15.8 Å². The van der Waals surface area contributed by atoms with Crippen molar-refractivity contribution in [3.8, 4) is 11.5 Å². The van der Waals surface area contributed by atoms with Gasteiger partial charge in [-0.1, -0.05) is 36.8 Å². The zero-order valence-corrected chi connectivity index (χ0v) is 18.7. The molecule has 168 valence electrons. The summed E-state index contributed by atoms with van der Waals surface area (Å²) in [4.78, 5) is 18.6. The molecule has 0 radical (unpaired) electrons. The predicted octanol–water partition coefficient (Wildman–Crippen LogP) is 5.89. The Morgan fingerprint density at radius 3 is 2.55 bits per heavy atom. The quantitative estimate of drug-likeness (QED) is 0.481. The first kappa shape index (κ1) is 24.7. The van der Waals surface area contributed by atoms with E-state index in [1.165, 1.54) is 18.2 Å². The molecule has 6 nitrogen and oxygen atoms in total. The van der Waals surface area contributed by atoms with Crippen LogP contribution in [-0.4, -0.2) is 41.4 Å². The van der Waals surface area contributed by atoms with Crippen molar-refractivity contribution in [1.82, 2.24) is 9.88 Å². The van der Waals surface area contributed by atoms with E-state index >= 15 is 0 Å². The van der Waals surface area contributed by atoms with E-state index in [1.807, 2.05) is 13.8 Å². The molecule has 0 aliphatic rings. The van der Waals surface area contributed by atoms with Crippen molar-refractivity contribution >= 4 is 44.2 Å². The average molecular weight is 476 g/mol. The van der Waals surface area contributed by atoms with E-state index < -0.39 is 12.3 Å². The van der Waals surface area contributed by atoms with Crippen molar-refractivity contribution in [2.24, 2.45) is 0 Å². The molecule has 31 heavy (non-hydrogen) atoms. The maximum Gasteiger partial charge on any atom is 0.573 e. The van der Waals surface area contributed by atoms with Crippen molar-refractivity contribution < 1.29 is 27.8 Å². The lowest BCUT2D eigenvalue weighted by Gasteiger charge is -2.14. The van der Waals surface area contributed by atoms with Crippen LogP contribution in [0.1, 0.15) is 29.8 Å². The predicted molar refractivity (Wildman–Crippen MR) is 116 cm³/mol. The van der Waals surface area contributed by atoms with Crippen LogP contribution in [0.3, 0.4) is 0 Å². The topological polar surface area (TPSA) is 74.7 Å². The Kier molecular flexibility index (Phi) is 8.10. The number of nitrogens with one attached hydrogen (secondary N) is 1. The molecule has 3 rings (SSSR count). The van der Waals surface area contributed by atoms with Gasteiger partial charge in [-0.3, -0.25) is 10.1 Å².